The first-order valence-electron chi connectivity index (χ1n) is 8.87. The van der Waals surface area contributed by atoms with Gasteiger partial charge in [-0.3, -0.25) is 9.59 Å². The van der Waals surface area contributed by atoms with Crippen LogP contribution in [-0.4, -0.2) is 11.6 Å². The van der Waals surface area contributed by atoms with Crippen LogP contribution in [0.3, 0.4) is 0 Å². The van der Waals surface area contributed by atoms with Crippen molar-refractivity contribution in [2.75, 3.05) is 0 Å². The molecule has 0 amide bonds. The Hall–Kier alpha value is -2.22. The second kappa shape index (κ2) is 8.05. The summed E-state index contributed by atoms with van der Waals surface area (Å²) >= 11 is 0. The molecule has 1 aliphatic carbocycles. The Morgan fingerprint density at radius 3 is 1.42 bits per heavy atom. The largest absolute Gasteiger partial charge is 0.299 e. The third-order valence-corrected chi connectivity index (χ3v) is 5.04. The van der Waals surface area contributed by atoms with E-state index in [1.807, 2.05) is 60.7 Å². The molecule has 2 aromatic carbocycles. The first kappa shape index (κ1) is 16.6. The summed E-state index contributed by atoms with van der Waals surface area (Å²) in [4.78, 5) is 25.6. The fourth-order valence-electron chi connectivity index (χ4n) is 3.76. The quantitative estimate of drug-likeness (QED) is 0.790. The molecule has 0 N–H and O–H groups in total. The lowest BCUT2D eigenvalue weighted by Gasteiger charge is -2.29. The van der Waals surface area contributed by atoms with Gasteiger partial charge in [0.15, 0.2) is 0 Å². The van der Waals surface area contributed by atoms with E-state index in [9.17, 15) is 9.59 Å². The van der Waals surface area contributed by atoms with Crippen LogP contribution in [0.5, 0.6) is 0 Å². The van der Waals surface area contributed by atoms with Gasteiger partial charge in [-0.2, -0.15) is 0 Å². The summed E-state index contributed by atoms with van der Waals surface area (Å²) in [6.07, 6.45) is 4.72. The zero-order valence-corrected chi connectivity index (χ0v) is 14.0. The molecule has 2 aromatic rings. The van der Waals surface area contributed by atoms with Crippen molar-refractivity contribution >= 4 is 11.6 Å². The highest BCUT2D eigenvalue weighted by molar-refractivity contribution is 5.91. The Bertz CT molecular complexity index is 614. The summed E-state index contributed by atoms with van der Waals surface area (Å²) in [6.45, 7) is 0. The molecule has 2 nitrogen and oxygen atoms in total. The zero-order chi connectivity index (χ0) is 16.8. The van der Waals surface area contributed by atoms with Gasteiger partial charge in [-0.15, -0.1) is 0 Å². The topological polar surface area (TPSA) is 34.1 Å². The van der Waals surface area contributed by atoms with E-state index >= 15 is 0 Å². The normalized spacial score (nSPS) is 20.5. The summed E-state index contributed by atoms with van der Waals surface area (Å²) in [5.74, 6) is 0.255. The van der Waals surface area contributed by atoms with Gasteiger partial charge in [0, 0.05) is 24.7 Å². The first-order chi connectivity index (χ1) is 11.7. The second-order valence-electron chi connectivity index (χ2n) is 6.75. The molecule has 0 aromatic heterocycles. The molecule has 1 aliphatic rings. The number of benzene rings is 2. The Labute approximate surface area is 143 Å². The number of Topliss-reactive ketones (excluding diaryl/α,β-unsaturated/α-hetero) is 2. The Kier molecular flexibility index (Phi) is 5.58. The van der Waals surface area contributed by atoms with Crippen LogP contribution < -0.4 is 0 Å². The molecule has 24 heavy (non-hydrogen) atoms. The molecule has 1 saturated carbocycles. The number of rotatable bonds is 6. The smallest absolute Gasteiger partial charge is 0.141 e. The van der Waals surface area contributed by atoms with Crippen LogP contribution >= 0.6 is 0 Å². The van der Waals surface area contributed by atoms with Crippen molar-refractivity contribution in [3.8, 4) is 0 Å². The van der Waals surface area contributed by atoms with E-state index in [1.165, 1.54) is 0 Å². The Balaban J connectivity index is 1.68. The highest BCUT2D eigenvalue weighted by atomic mass is 16.1. The number of carbonyl (C=O) groups excluding carboxylic acids is 2. The number of carbonyl (C=O) groups is 2. The summed E-state index contributed by atoms with van der Waals surface area (Å²) < 4.78 is 0. The third kappa shape index (κ3) is 4.19. The lowest BCUT2D eigenvalue weighted by Crippen LogP contribution is -2.34. The molecule has 0 bridgehead atoms. The van der Waals surface area contributed by atoms with Gasteiger partial charge in [0.25, 0.3) is 0 Å². The van der Waals surface area contributed by atoms with Crippen LogP contribution in [0.2, 0.25) is 0 Å². The van der Waals surface area contributed by atoms with Crippen LogP contribution in [-0.2, 0) is 22.4 Å². The zero-order valence-electron chi connectivity index (χ0n) is 14.0. The summed E-state index contributed by atoms with van der Waals surface area (Å²) in [5, 5.41) is 0. The highest BCUT2D eigenvalue weighted by Crippen LogP contribution is 2.33. The maximum absolute atomic E-state index is 12.8. The van der Waals surface area contributed by atoms with Crippen molar-refractivity contribution in [2.24, 2.45) is 11.8 Å². The monoisotopic (exact) mass is 320 g/mol. The van der Waals surface area contributed by atoms with Crippen molar-refractivity contribution in [2.45, 2.75) is 38.5 Å². The fraction of sp³-hybridized carbons (Fsp3) is 0.364. The molecule has 3 rings (SSSR count). The first-order valence-corrected chi connectivity index (χ1v) is 8.87. The molecule has 2 heteroatoms. The van der Waals surface area contributed by atoms with E-state index in [4.69, 9.17) is 0 Å². The molecule has 124 valence electrons. The van der Waals surface area contributed by atoms with Crippen molar-refractivity contribution in [3.05, 3.63) is 71.8 Å². The molecule has 0 saturated heterocycles. The lowest BCUT2D eigenvalue weighted by atomic mass is 9.73. The van der Waals surface area contributed by atoms with E-state index in [2.05, 4.69) is 0 Å². The van der Waals surface area contributed by atoms with E-state index in [1.54, 1.807) is 0 Å². The van der Waals surface area contributed by atoms with Gasteiger partial charge in [-0.05, 0) is 24.0 Å². The van der Waals surface area contributed by atoms with Crippen LogP contribution in [0.15, 0.2) is 60.7 Å². The van der Waals surface area contributed by atoms with Gasteiger partial charge in [0.1, 0.15) is 11.6 Å². The van der Waals surface area contributed by atoms with E-state index in [-0.39, 0.29) is 23.4 Å². The van der Waals surface area contributed by atoms with Crippen molar-refractivity contribution in [1.82, 2.24) is 0 Å². The van der Waals surface area contributed by atoms with Gasteiger partial charge in [0.2, 0.25) is 0 Å². The Morgan fingerprint density at radius 2 is 1.04 bits per heavy atom. The van der Waals surface area contributed by atoms with Crippen molar-refractivity contribution in [1.29, 1.82) is 0 Å². The molecule has 0 spiro atoms. The summed E-state index contributed by atoms with van der Waals surface area (Å²) in [6, 6.07) is 19.7. The molecule has 0 aliphatic heterocycles. The third-order valence-electron chi connectivity index (χ3n) is 5.04. The standard InChI is InChI=1S/C22H24O2/c23-21(15-17-9-3-1-4-10-17)19-13-7-8-14-20(19)22(24)16-18-11-5-2-6-12-18/h1-6,9-12,19-20H,7-8,13-16H2. The second-order valence-corrected chi connectivity index (χ2v) is 6.75. The molecular formula is C22H24O2. The molecular weight excluding hydrogens is 296 g/mol. The van der Waals surface area contributed by atoms with Crippen LogP contribution in [0.25, 0.3) is 0 Å². The molecule has 1 fully saturated rings. The maximum atomic E-state index is 12.8. The number of hydrogen-bond donors (Lipinski definition) is 0. The van der Waals surface area contributed by atoms with Gasteiger partial charge < -0.3 is 0 Å². The predicted molar refractivity (Wildman–Crippen MR) is 95.8 cm³/mol. The minimum Gasteiger partial charge on any atom is -0.299 e. The summed E-state index contributed by atoms with van der Waals surface area (Å²) in [7, 11) is 0. The van der Waals surface area contributed by atoms with Gasteiger partial charge in [0.05, 0.1) is 0 Å². The average molecular weight is 320 g/mol. The van der Waals surface area contributed by atoms with Crippen LogP contribution in [0.4, 0.5) is 0 Å². The molecule has 2 atom stereocenters. The van der Waals surface area contributed by atoms with E-state index in [0.717, 1.165) is 36.8 Å². The van der Waals surface area contributed by atoms with Gasteiger partial charge >= 0.3 is 0 Å². The number of hydrogen-bond acceptors (Lipinski definition) is 2. The molecule has 0 radical (unpaired) electrons. The van der Waals surface area contributed by atoms with Gasteiger partial charge in [-0.1, -0.05) is 73.5 Å². The van der Waals surface area contributed by atoms with Crippen LogP contribution in [0, 0.1) is 11.8 Å². The fourth-order valence-corrected chi connectivity index (χ4v) is 3.76. The van der Waals surface area contributed by atoms with Crippen molar-refractivity contribution < 1.29 is 9.59 Å². The lowest BCUT2D eigenvalue weighted by molar-refractivity contribution is -0.133. The van der Waals surface area contributed by atoms with E-state index < -0.39 is 0 Å². The van der Waals surface area contributed by atoms with Crippen LogP contribution in [0.1, 0.15) is 36.8 Å². The SMILES string of the molecule is O=C(Cc1ccccc1)C1CCCCC1C(=O)Cc1ccccc1. The Morgan fingerprint density at radius 1 is 0.667 bits per heavy atom. The molecule has 2 unspecified atom stereocenters. The van der Waals surface area contributed by atoms with Crippen molar-refractivity contribution in [3.63, 3.8) is 0 Å². The van der Waals surface area contributed by atoms with Gasteiger partial charge in [-0.25, -0.2) is 0 Å². The summed E-state index contributed by atoms with van der Waals surface area (Å²) in [5.41, 5.74) is 2.09. The number of ketones is 2. The van der Waals surface area contributed by atoms with E-state index in [0.29, 0.717) is 12.8 Å². The molecule has 0 heterocycles. The average Bonchev–Trinajstić information content (AvgIpc) is 2.63. The highest BCUT2D eigenvalue weighted by Gasteiger charge is 2.34. The predicted octanol–water partition coefficient (Wildman–Crippen LogP) is 4.42. The minimum atomic E-state index is -0.102. The maximum Gasteiger partial charge on any atom is 0.141 e. The minimum absolute atomic E-state index is 0.102.